The van der Waals surface area contributed by atoms with Crippen LogP contribution in [0.4, 0.5) is 11.4 Å². The van der Waals surface area contributed by atoms with Gasteiger partial charge in [-0.25, -0.2) is 0 Å². The fourth-order valence-corrected chi connectivity index (χ4v) is 4.73. The monoisotopic (exact) mass is 419 g/mol. The van der Waals surface area contributed by atoms with Crippen LogP contribution in [0.1, 0.15) is 54.9 Å². The van der Waals surface area contributed by atoms with E-state index < -0.39 is 0 Å². The third-order valence-electron chi connectivity index (χ3n) is 6.55. The van der Waals surface area contributed by atoms with Crippen molar-refractivity contribution in [1.82, 2.24) is 4.90 Å². The van der Waals surface area contributed by atoms with Crippen molar-refractivity contribution in [2.45, 2.75) is 45.4 Å². The molecule has 2 amide bonds. The van der Waals surface area contributed by atoms with Gasteiger partial charge in [0.15, 0.2) is 0 Å². The maximum Gasteiger partial charge on any atom is 0.256 e. The summed E-state index contributed by atoms with van der Waals surface area (Å²) in [7, 11) is 0. The van der Waals surface area contributed by atoms with Gasteiger partial charge in [-0.3, -0.25) is 9.59 Å². The Labute approximate surface area is 185 Å². The smallest absolute Gasteiger partial charge is 0.256 e. The van der Waals surface area contributed by atoms with E-state index in [1.807, 2.05) is 30.0 Å². The standard InChI is InChI=1S/C26H33N3O2/c1-2-25(30)27-22-10-11-24(23(19-22)26(31)29-14-6-7-15-29)28-16-12-21(13-17-28)18-20-8-4-3-5-9-20/h3-5,8-11,19,21H,2,6-7,12-18H2,1H3,(H,27,30). The van der Waals surface area contributed by atoms with Crippen LogP contribution in [0.25, 0.3) is 0 Å². The van der Waals surface area contributed by atoms with Crippen LogP contribution < -0.4 is 10.2 Å². The zero-order valence-corrected chi connectivity index (χ0v) is 18.5. The van der Waals surface area contributed by atoms with Crippen LogP contribution in [-0.4, -0.2) is 42.9 Å². The first kappa shape index (κ1) is 21.4. The topological polar surface area (TPSA) is 52.7 Å². The fourth-order valence-electron chi connectivity index (χ4n) is 4.73. The number of carbonyl (C=O) groups excluding carboxylic acids is 2. The number of hydrogen-bond acceptors (Lipinski definition) is 3. The highest BCUT2D eigenvalue weighted by molar-refractivity contribution is 6.02. The SMILES string of the molecule is CCC(=O)Nc1ccc(N2CCC(Cc3ccccc3)CC2)c(C(=O)N2CCCC2)c1. The number of benzene rings is 2. The first-order valence-corrected chi connectivity index (χ1v) is 11.7. The second-order valence-electron chi connectivity index (χ2n) is 8.75. The average molecular weight is 420 g/mol. The van der Waals surface area contributed by atoms with E-state index >= 15 is 0 Å². The van der Waals surface area contributed by atoms with Crippen LogP contribution in [0.5, 0.6) is 0 Å². The molecule has 2 aromatic carbocycles. The molecule has 2 saturated heterocycles. The third kappa shape index (κ3) is 5.27. The molecular formula is C26H33N3O2. The summed E-state index contributed by atoms with van der Waals surface area (Å²) in [4.78, 5) is 29.5. The molecule has 5 heteroatoms. The highest BCUT2D eigenvalue weighted by Crippen LogP contribution is 2.31. The van der Waals surface area contributed by atoms with E-state index in [9.17, 15) is 9.59 Å². The van der Waals surface area contributed by atoms with Crippen molar-refractivity contribution in [3.05, 3.63) is 59.7 Å². The highest BCUT2D eigenvalue weighted by Gasteiger charge is 2.27. The van der Waals surface area contributed by atoms with Gasteiger partial charge in [-0.1, -0.05) is 37.3 Å². The molecule has 5 nitrogen and oxygen atoms in total. The van der Waals surface area contributed by atoms with E-state index in [2.05, 4.69) is 40.5 Å². The molecule has 2 fully saturated rings. The molecule has 0 bridgehead atoms. The Morgan fingerprint density at radius 1 is 0.968 bits per heavy atom. The predicted octanol–water partition coefficient (Wildman–Crippen LogP) is 4.73. The molecule has 0 aromatic heterocycles. The highest BCUT2D eigenvalue weighted by atomic mass is 16.2. The largest absolute Gasteiger partial charge is 0.371 e. The summed E-state index contributed by atoms with van der Waals surface area (Å²) in [6.45, 7) is 5.39. The molecule has 0 aliphatic carbocycles. The molecule has 2 aliphatic rings. The Morgan fingerprint density at radius 3 is 2.35 bits per heavy atom. The second-order valence-corrected chi connectivity index (χ2v) is 8.75. The van der Waals surface area contributed by atoms with Gasteiger partial charge in [0.1, 0.15) is 0 Å². The molecule has 0 spiro atoms. The Kier molecular flexibility index (Phi) is 6.90. The number of rotatable bonds is 6. The molecular weight excluding hydrogens is 386 g/mol. The zero-order chi connectivity index (χ0) is 21.6. The van der Waals surface area contributed by atoms with Crippen molar-refractivity contribution in [3.63, 3.8) is 0 Å². The van der Waals surface area contributed by atoms with E-state index in [0.29, 0.717) is 18.0 Å². The number of carbonyl (C=O) groups is 2. The van der Waals surface area contributed by atoms with Crippen molar-refractivity contribution in [1.29, 1.82) is 0 Å². The molecule has 1 N–H and O–H groups in total. The van der Waals surface area contributed by atoms with Gasteiger partial charge in [0.25, 0.3) is 5.91 Å². The number of nitrogens with zero attached hydrogens (tertiary/aromatic N) is 2. The van der Waals surface area contributed by atoms with Crippen LogP contribution in [0.15, 0.2) is 48.5 Å². The molecule has 0 radical (unpaired) electrons. The number of nitrogens with one attached hydrogen (secondary N) is 1. The molecule has 4 rings (SSSR count). The summed E-state index contributed by atoms with van der Waals surface area (Å²) in [5.74, 6) is 0.736. The van der Waals surface area contributed by atoms with Gasteiger partial charge < -0.3 is 15.1 Å². The van der Waals surface area contributed by atoms with E-state index in [-0.39, 0.29) is 11.8 Å². The van der Waals surface area contributed by atoms with Gasteiger partial charge in [-0.2, -0.15) is 0 Å². The Balaban J connectivity index is 1.50. The molecule has 31 heavy (non-hydrogen) atoms. The van der Waals surface area contributed by atoms with Gasteiger partial charge in [0.2, 0.25) is 5.91 Å². The van der Waals surface area contributed by atoms with Gasteiger partial charge in [-0.05, 0) is 61.8 Å². The molecule has 0 saturated carbocycles. The first-order chi connectivity index (χ1) is 15.1. The van der Waals surface area contributed by atoms with E-state index in [1.165, 1.54) is 5.56 Å². The van der Waals surface area contributed by atoms with Crippen molar-refractivity contribution >= 4 is 23.2 Å². The predicted molar refractivity (Wildman–Crippen MR) is 126 cm³/mol. The molecule has 2 aliphatic heterocycles. The van der Waals surface area contributed by atoms with Crippen LogP contribution in [-0.2, 0) is 11.2 Å². The lowest BCUT2D eigenvalue weighted by Gasteiger charge is -2.35. The molecule has 0 atom stereocenters. The maximum absolute atomic E-state index is 13.3. The number of likely N-dealkylation sites (tertiary alicyclic amines) is 1. The Hall–Kier alpha value is -2.82. The van der Waals surface area contributed by atoms with Gasteiger partial charge in [0.05, 0.1) is 5.56 Å². The summed E-state index contributed by atoms with van der Waals surface area (Å²) in [5.41, 5.74) is 3.83. The van der Waals surface area contributed by atoms with E-state index in [4.69, 9.17) is 0 Å². The molecule has 2 aromatic rings. The lowest BCUT2D eigenvalue weighted by Crippen LogP contribution is -2.36. The number of hydrogen-bond donors (Lipinski definition) is 1. The first-order valence-electron chi connectivity index (χ1n) is 11.7. The van der Waals surface area contributed by atoms with Crippen molar-refractivity contribution in [3.8, 4) is 0 Å². The van der Waals surface area contributed by atoms with Crippen LogP contribution in [0.2, 0.25) is 0 Å². The second kappa shape index (κ2) is 9.99. The van der Waals surface area contributed by atoms with Crippen LogP contribution >= 0.6 is 0 Å². The quantitative estimate of drug-likeness (QED) is 0.736. The lowest BCUT2D eigenvalue weighted by molar-refractivity contribution is -0.115. The minimum atomic E-state index is -0.0333. The van der Waals surface area contributed by atoms with Gasteiger partial charge in [0, 0.05) is 44.0 Å². The lowest BCUT2D eigenvalue weighted by atomic mass is 9.89. The summed E-state index contributed by atoms with van der Waals surface area (Å²) in [6.07, 6.45) is 5.93. The van der Waals surface area contributed by atoms with Gasteiger partial charge >= 0.3 is 0 Å². The van der Waals surface area contributed by atoms with E-state index in [1.54, 1.807) is 0 Å². The molecule has 164 valence electrons. The number of anilines is 2. The third-order valence-corrected chi connectivity index (χ3v) is 6.55. The summed E-state index contributed by atoms with van der Waals surface area (Å²) >= 11 is 0. The van der Waals surface area contributed by atoms with Crippen LogP contribution in [0.3, 0.4) is 0 Å². The summed E-state index contributed by atoms with van der Waals surface area (Å²) < 4.78 is 0. The summed E-state index contributed by atoms with van der Waals surface area (Å²) in [6, 6.07) is 16.5. The minimum Gasteiger partial charge on any atom is -0.371 e. The zero-order valence-electron chi connectivity index (χ0n) is 18.5. The Bertz CT molecular complexity index is 898. The fraction of sp³-hybridized carbons (Fsp3) is 0.462. The van der Waals surface area contributed by atoms with E-state index in [0.717, 1.165) is 69.5 Å². The van der Waals surface area contributed by atoms with Crippen LogP contribution in [0, 0.1) is 5.92 Å². The number of piperidine rings is 1. The minimum absolute atomic E-state index is 0.0333. The van der Waals surface area contributed by atoms with Crippen molar-refractivity contribution < 1.29 is 9.59 Å². The molecule has 2 heterocycles. The van der Waals surface area contributed by atoms with Gasteiger partial charge in [-0.15, -0.1) is 0 Å². The maximum atomic E-state index is 13.3. The molecule has 0 unspecified atom stereocenters. The number of amides is 2. The average Bonchev–Trinajstić information content (AvgIpc) is 3.35. The Morgan fingerprint density at radius 2 is 1.68 bits per heavy atom. The normalized spacial score (nSPS) is 17.1. The van der Waals surface area contributed by atoms with Crippen molar-refractivity contribution in [2.75, 3.05) is 36.4 Å². The summed E-state index contributed by atoms with van der Waals surface area (Å²) in [5, 5.41) is 2.91. The van der Waals surface area contributed by atoms with Crippen molar-refractivity contribution in [2.24, 2.45) is 5.92 Å².